The number of esters is 1. The van der Waals surface area contributed by atoms with Crippen LogP contribution in [0.25, 0.3) is 0 Å². The fourth-order valence-corrected chi connectivity index (χ4v) is 4.19. The van der Waals surface area contributed by atoms with Gasteiger partial charge in [0, 0.05) is 18.3 Å². The summed E-state index contributed by atoms with van der Waals surface area (Å²) in [5.74, 6) is 0.0366. The van der Waals surface area contributed by atoms with Crippen LogP contribution >= 0.6 is 0 Å². The molecule has 31 heavy (non-hydrogen) atoms. The van der Waals surface area contributed by atoms with Gasteiger partial charge >= 0.3 is 5.97 Å². The van der Waals surface area contributed by atoms with Crippen molar-refractivity contribution in [2.75, 3.05) is 24.6 Å². The van der Waals surface area contributed by atoms with Gasteiger partial charge in [-0.05, 0) is 51.8 Å². The van der Waals surface area contributed by atoms with Crippen LogP contribution in [0, 0.1) is 0 Å². The molecule has 0 saturated carbocycles. The summed E-state index contributed by atoms with van der Waals surface area (Å²) in [7, 11) is 0. The van der Waals surface area contributed by atoms with Crippen LogP contribution in [0.4, 0.5) is 5.69 Å². The lowest BCUT2D eigenvalue weighted by atomic mass is 10.1. The molecule has 2 atom stereocenters. The van der Waals surface area contributed by atoms with E-state index in [-0.39, 0.29) is 12.5 Å². The summed E-state index contributed by atoms with van der Waals surface area (Å²) in [5.41, 5.74) is 2.41. The number of carbonyl (C=O) groups is 2. The van der Waals surface area contributed by atoms with E-state index in [0.29, 0.717) is 37.1 Å². The number of anilines is 1. The summed E-state index contributed by atoms with van der Waals surface area (Å²) in [6, 6.07) is 10.4. The smallest absolute Gasteiger partial charge is 0.337 e. The SMILES string of the molecule is C[C@@H]1Cc2ccccc2N1Cc1occc1C(=O)N1CCO[C@@H](C(=O)OC(C)(C)C)C1. The van der Waals surface area contributed by atoms with Gasteiger partial charge in [-0.15, -0.1) is 0 Å². The topological polar surface area (TPSA) is 72.2 Å². The average molecular weight is 427 g/mol. The second-order valence-corrected chi connectivity index (χ2v) is 9.21. The molecule has 0 radical (unpaired) electrons. The second kappa shape index (κ2) is 8.38. The van der Waals surface area contributed by atoms with E-state index in [1.54, 1.807) is 17.2 Å². The maximum absolute atomic E-state index is 13.3. The number of morpholine rings is 1. The van der Waals surface area contributed by atoms with Gasteiger partial charge in [0.1, 0.15) is 11.4 Å². The van der Waals surface area contributed by atoms with Crippen LogP contribution in [0.3, 0.4) is 0 Å². The summed E-state index contributed by atoms with van der Waals surface area (Å²) in [6.07, 6.45) is 1.75. The lowest BCUT2D eigenvalue weighted by Crippen LogP contribution is -2.50. The molecule has 2 aliphatic rings. The van der Waals surface area contributed by atoms with Crippen molar-refractivity contribution in [3.8, 4) is 0 Å². The van der Waals surface area contributed by atoms with Crippen molar-refractivity contribution in [1.82, 2.24) is 4.90 Å². The van der Waals surface area contributed by atoms with Gasteiger partial charge in [0.2, 0.25) is 0 Å². The summed E-state index contributed by atoms with van der Waals surface area (Å²) >= 11 is 0. The van der Waals surface area contributed by atoms with Gasteiger partial charge in [-0.3, -0.25) is 4.79 Å². The van der Waals surface area contributed by atoms with E-state index in [4.69, 9.17) is 13.9 Å². The molecule has 0 aliphatic carbocycles. The zero-order chi connectivity index (χ0) is 22.2. The van der Waals surface area contributed by atoms with Gasteiger partial charge in [-0.1, -0.05) is 18.2 Å². The van der Waals surface area contributed by atoms with E-state index in [2.05, 4.69) is 30.0 Å². The molecule has 0 unspecified atom stereocenters. The van der Waals surface area contributed by atoms with Gasteiger partial charge in [-0.25, -0.2) is 4.79 Å². The molecule has 1 saturated heterocycles. The van der Waals surface area contributed by atoms with Crippen LogP contribution in [-0.2, 0) is 27.2 Å². The minimum absolute atomic E-state index is 0.152. The Labute approximate surface area is 182 Å². The maximum atomic E-state index is 13.3. The van der Waals surface area contributed by atoms with E-state index < -0.39 is 17.7 Å². The Morgan fingerprint density at radius 2 is 1.97 bits per heavy atom. The normalized spacial score (nSPS) is 21.2. The molecule has 4 rings (SSSR count). The number of carbonyl (C=O) groups excluding carboxylic acids is 2. The average Bonchev–Trinajstić information content (AvgIpc) is 3.31. The Morgan fingerprint density at radius 3 is 2.74 bits per heavy atom. The van der Waals surface area contributed by atoms with Crippen LogP contribution < -0.4 is 4.90 Å². The van der Waals surface area contributed by atoms with E-state index >= 15 is 0 Å². The van der Waals surface area contributed by atoms with Gasteiger partial charge in [0.05, 0.1) is 31.5 Å². The van der Waals surface area contributed by atoms with Crippen molar-refractivity contribution < 1.29 is 23.5 Å². The first kappa shape index (κ1) is 21.4. The highest BCUT2D eigenvalue weighted by Gasteiger charge is 2.34. The van der Waals surface area contributed by atoms with Crippen LogP contribution in [-0.4, -0.2) is 54.2 Å². The predicted molar refractivity (Wildman–Crippen MR) is 116 cm³/mol. The van der Waals surface area contributed by atoms with E-state index in [0.717, 1.165) is 6.42 Å². The Balaban J connectivity index is 1.47. The summed E-state index contributed by atoms with van der Waals surface area (Å²) in [5, 5.41) is 0. The summed E-state index contributed by atoms with van der Waals surface area (Å²) < 4.78 is 16.7. The van der Waals surface area contributed by atoms with E-state index in [9.17, 15) is 9.59 Å². The standard InChI is InChI=1S/C24H30N2O5/c1-16-13-17-7-5-6-8-19(17)26(16)15-20-18(9-11-29-20)22(27)25-10-12-30-21(14-25)23(28)31-24(2,3)4/h5-9,11,16,21H,10,12-15H2,1-4H3/t16-,21-/m1/s1. The molecule has 1 fully saturated rings. The van der Waals surface area contributed by atoms with Crippen LogP contribution in [0.1, 0.15) is 49.4 Å². The van der Waals surface area contributed by atoms with Gasteiger partial charge in [-0.2, -0.15) is 0 Å². The zero-order valence-corrected chi connectivity index (χ0v) is 18.6. The molecular weight excluding hydrogens is 396 g/mol. The lowest BCUT2D eigenvalue weighted by Gasteiger charge is -2.33. The van der Waals surface area contributed by atoms with Crippen molar-refractivity contribution >= 4 is 17.6 Å². The number of para-hydroxylation sites is 1. The third-order valence-electron chi connectivity index (χ3n) is 5.66. The Bertz CT molecular complexity index is 961. The van der Waals surface area contributed by atoms with Crippen molar-refractivity contribution in [1.29, 1.82) is 0 Å². The predicted octanol–water partition coefficient (Wildman–Crippen LogP) is 3.41. The molecule has 166 valence electrons. The fraction of sp³-hybridized carbons (Fsp3) is 0.500. The number of fused-ring (bicyclic) bond motifs is 1. The van der Waals surface area contributed by atoms with Crippen molar-refractivity contribution in [2.24, 2.45) is 0 Å². The molecule has 1 aromatic carbocycles. The number of benzene rings is 1. The number of furan rings is 1. The largest absolute Gasteiger partial charge is 0.467 e. The number of nitrogens with zero attached hydrogens (tertiary/aromatic N) is 2. The van der Waals surface area contributed by atoms with Crippen molar-refractivity contribution in [3.05, 3.63) is 53.5 Å². The third kappa shape index (κ3) is 4.61. The minimum atomic E-state index is -0.780. The molecule has 0 spiro atoms. The Kier molecular flexibility index (Phi) is 5.79. The van der Waals surface area contributed by atoms with E-state index in [1.165, 1.54) is 11.3 Å². The second-order valence-electron chi connectivity index (χ2n) is 9.21. The fourth-order valence-electron chi connectivity index (χ4n) is 4.19. The molecule has 3 heterocycles. The maximum Gasteiger partial charge on any atom is 0.337 e. The molecule has 2 aliphatic heterocycles. The highest BCUT2D eigenvalue weighted by molar-refractivity contribution is 5.95. The zero-order valence-electron chi connectivity index (χ0n) is 18.6. The first-order valence-corrected chi connectivity index (χ1v) is 10.8. The number of hydrogen-bond donors (Lipinski definition) is 0. The number of amides is 1. The highest BCUT2D eigenvalue weighted by Crippen LogP contribution is 2.33. The summed E-state index contributed by atoms with van der Waals surface area (Å²) in [6.45, 7) is 9.01. The van der Waals surface area contributed by atoms with Crippen LogP contribution in [0.15, 0.2) is 41.0 Å². The van der Waals surface area contributed by atoms with E-state index in [1.807, 2.05) is 26.8 Å². The van der Waals surface area contributed by atoms with Gasteiger partial charge < -0.3 is 23.7 Å². The van der Waals surface area contributed by atoms with Crippen molar-refractivity contribution in [3.63, 3.8) is 0 Å². The summed E-state index contributed by atoms with van der Waals surface area (Å²) in [4.78, 5) is 29.6. The number of hydrogen-bond acceptors (Lipinski definition) is 6. The van der Waals surface area contributed by atoms with Gasteiger partial charge in [0.15, 0.2) is 6.10 Å². The third-order valence-corrected chi connectivity index (χ3v) is 5.66. The number of ether oxygens (including phenoxy) is 2. The Hall–Kier alpha value is -2.80. The highest BCUT2D eigenvalue weighted by atomic mass is 16.6. The quantitative estimate of drug-likeness (QED) is 0.698. The number of rotatable bonds is 4. The minimum Gasteiger partial charge on any atom is -0.467 e. The van der Waals surface area contributed by atoms with Gasteiger partial charge in [0.25, 0.3) is 5.91 Å². The molecule has 0 bridgehead atoms. The molecule has 7 nitrogen and oxygen atoms in total. The Morgan fingerprint density at radius 1 is 1.19 bits per heavy atom. The molecular formula is C24H30N2O5. The molecule has 2 aromatic rings. The van der Waals surface area contributed by atoms with Crippen molar-refractivity contribution in [2.45, 2.75) is 58.4 Å². The first-order chi connectivity index (χ1) is 14.7. The molecule has 1 amide bonds. The molecule has 7 heteroatoms. The van der Waals surface area contributed by atoms with Crippen LogP contribution in [0.5, 0.6) is 0 Å². The molecule has 1 aromatic heterocycles. The molecule has 0 N–H and O–H groups in total. The monoisotopic (exact) mass is 426 g/mol. The lowest BCUT2D eigenvalue weighted by molar-refractivity contribution is -0.172. The first-order valence-electron chi connectivity index (χ1n) is 10.8. The van der Waals surface area contributed by atoms with Crippen LogP contribution in [0.2, 0.25) is 0 Å².